The van der Waals surface area contributed by atoms with E-state index in [2.05, 4.69) is 0 Å². The van der Waals surface area contributed by atoms with Gasteiger partial charge >= 0.3 is 6.18 Å². The van der Waals surface area contributed by atoms with Gasteiger partial charge in [-0.15, -0.1) is 0 Å². The highest BCUT2D eigenvalue weighted by molar-refractivity contribution is 7.89. The number of carbonyl (C=O) groups is 1. The Morgan fingerprint density at radius 2 is 2.00 bits per heavy atom. The van der Waals surface area contributed by atoms with E-state index in [-0.39, 0.29) is 22.8 Å². The second-order valence-electron chi connectivity index (χ2n) is 4.10. The van der Waals surface area contributed by atoms with Crippen molar-refractivity contribution >= 4 is 15.9 Å². The molecule has 0 bridgehead atoms. The number of nitrogens with two attached hydrogens (primary N) is 1. The molecule has 0 unspecified atom stereocenters. The maximum atomic E-state index is 12.0. The molecule has 0 aliphatic rings. The zero-order valence-corrected chi connectivity index (χ0v) is 11.7. The summed E-state index contributed by atoms with van der Waals surface area (Å²) in [6, 6.07) is 3.83. The molecule has 0 aromatic heterocycles. The number of amides is 1. The van der Waals surface area contributed by atoms with Gasteiger partial charge in [0.25, 0.3) is 0 Å². The van der Waals surface area contributed by atoms with Crippen LogP contribution in [0.1, 0.15) is 12.0 Å². The third-order valence-electron chi connectivity index (χ3n) is 2.39. The smallest absolute Gasteiger partial charge is 0.397 e. The van der Waals surface area contributed by atoms with Crippen LogP contribution in [0, 0.1) is 0 Å². The van der Waals surface area contributed by atoms with Gasteiger partial charge in [-0.25, -0.2) is 13.6 Å². The lowest BCUT2D eigenvalue weighted by molar-refractivity contribution is -0.153. The predicted molar refractivity (Wildman–Crippen MR) is 66.9 cm³/mol. The number of carbonyl (C=O) groups excluding carboxylic acids is 1. The summed E-state index contributed by atoms with van der Waals surface area (Å²) in [6.07, 6.45) is -6.21. The molecule has 0 saturated heterocycles. The number of methoxy groups -OCH3 is 1. The van der Waals surface area contributed by atoms with Crippen molar-refractivity contribution < 1.29 is 31.1 Å². The Labute approximate surface area is 119 Å². The number of hydrogen-bond acceptors (Lipinski definition) is 4. The second kappa shape index (κ2) is 6.31. The number of nitrogens with one attached hydrogen (secondary N) is 1. The molecule has 0 saturated carbocycles. The first-order chi connectivity index (χ1) is 9.53. The van der Waals surface area contributed by atoms with Gasteiger partial charge in [0, 0.05) is 6.54 Å². The fourth-order valence-corrected chi connectivity index (χ4v) is 2.25. The van der Waals surface area contributed by atoms with Crippen LogP contribution in [0.15, 0.2) is 23.1 Å². The van der Waals surface area contributed by atoms with Crippen LogP contribution in [0.25, 0.3) is 0 Å². The maximum absolute atomic E-state index is 12.0. The van der Waals surface area contributed by atoms with Crippen LogP contribution in [-0.2, 0) is 21.4 Å². The Morgan fingerprint density at radius 1 is 1.38 bits per heavy atom. The molecule has 118 valence electrons. The largest absolute Gasteiger partial charge is 0.495 e. The molecule has 21 heavy (non-hydrogen) atoms. The monoisotopic (exact) mass is 326 g/mol. The lowest BCUT2D eigenvalue weighted by Gasteiger charge is -2.11. The Bertz CT molecular complexity index is 629. The SMILES string of the molecule is COc1ccc(CNC(=O)CC(F)(F)F)cc1S(N)(=O)=O. The van der Waals surface area contributed by atoms with Crippen molar-refractivity contribution in [1.29, 1.82) is 0 Å². The number of alkyl halides is 3. The molecule has 0 fully saturated rings. The molecule has 1 amide bonds. The van der Waals surface area contributed by atoms with E-state index in [9.17, 15) is 26.4 Å². The van der Waals surface area contributed by atoms with E-state index in [0.717, 1.165) is 6.07 Å². The third kappa shape index (κ3) is 5.60. The lowest BCUT2D eigenvalue weighted by atomic mass is 10.2. The van der Waals surface area contributed by atoms with Gasteiger partial charge < -0.3 is 10.1 Å². The van der Waals surface area contributed by atoms with Crippen molar-refractivity contribution in [3.05, 3.63) is 23.8 Å². The van der Waals surface area contributed by atoms with E-state index in [1.807, 2.05) is 5.32 Å². The third-order valence-corrected chi connectivity index (χ3v) is 3.32. The quantitative estimate of drug-likeness (QED) is 0.840. The van der Waals surface area contributed by atoms with Crippen molar-refractivity contribution in [3.63, 3.8) is 0 Å². The van der Waals surface area contributed by atoms with Gasteiger partial charge in [0.05, 0.1) is 7.11 Å². The molecule has 1 aromatic carbocycles. The number of rotatable bonds is 5. The fourth-order valence-electron chi connectivity index (χ4n) is 1.50. The van der Waals surface area contributed by atoms with Crippen LogP contribution in [0.2, 0.25) is 0 Å². The van der Waals surface area contributed by atoms with E-state index in [1.54, 1.807) is 0 Å². The zero-order valence-electron chi connectivity index (χ0n) is 10.9. The number of sulfonamides is 1. The molecule has 0 heterocycles. The number of ether oxygens (including phenoxy) is 1. The lowest BCUT2D eigenvalue weighted by Crippen LogP contribution is -2.28. The molecule has 10 heteroatoms. The minimum Gasteiger partial charge on any atom is -0.495 e. The first-order valence-electron chi connectivity index (χ1n) is 5.56. The summed E-state index contributed by atoms with van der Waals surface area (Å²) in [6.45, 7) is -0.262. The summed E-state index contributed by atoms with van der Waals surface area (Å²) in [5, 5.41) is 7.03. The summed E-state index contributed by atoms with van der Waals surface area (Å²) in [5.41, 5.74) is 0.273. The standard InChI is InChI=1S/C11H13F3N2O4S/c1-20-8-3-2-7(4-9(8)21(15,18)19)6-16-10(17)5-11(12,13)14/h2-4H,5-6H2,1H3,(H,16,17)(H2,15,18,19). The molecular weight excluding hydrogens is 313 g/mol. The van der Waals surface area contributed by atoms with E-state index >= 15 is 0 Å². The van der Waals surface area contributed by atoms with Crippen LogP contribution in [0.3, 0.4) is 0 Å². The normalized spacial score (nSPS) is 12.0. The fraction of sp³-hybridized carbons (Fsp3) is 0.364. The van der Waals surface area contributed by atoms with Crippen LogP contribution < -0.4 is 15.2 Å². The Balaban J connectivity index is 2.85. The Hall–Kier alpha value is -1.81. The maximum Gasteiger partial charge on any atom is 0.397 e. The van der Waals surface area contributed by atoms with Crippen LogP contribution in [-0.4, -0.2) is 27.6 Å². The minimum atomic E-state index is -4.60. The van der Waals surface area contributed by atoms with Gasteiger partial charge in [-0.3, -0.25) is 4.79 Å². The van der Waals surface area contributed by atoms with E-state index in [0.29, 0.717) is 0 Å². The molecule has 0 radical (unpaired) electrons. The summed E-state index contributed by atoms with van der Waals surface area (Å²) in [4.78, 5) is 10.7. The first-order valence-corrected chi connectivity index (χ1v) is 7.11. The number of primary sulfonamides is 1. The Kier molecular flexibility index (Phi) is 5.18. The summed E-state index contributed by atoms with van der Waals surface area (Å²) < 4.78 is 63.5. The highest BCUT2D eigenvalue weighted by Gasteiger charge is 2.31. The highest BCUT2D eigenvalue weighted by atomic mass is 32.2. The molecule has 6 nitrogen and oxygen atoms in total. The van der Waals surface area contributed by atoms with E-state index in [1.165, 1.54) is 19.2 Å². The molecular formula is C11H13F3N2O4S. The van der Waals surface area contributed by atoms with Gasteiger partial charge in [0.1, 0.15) is 17.1 Å². The van der Waals surface area contributed by atoms with E-state index in [4.69, 9.17) is 9.88 Å². The van der Waals surface area contributed by atoms with Crippen molar-refractivity contribution in [1.82, 2.24) is 5.32 Å². The molecule has 0 aliphatic heterocycles. The zero-order chi connectivity index (χ0) is 16.3. The minimum absolute atomic E-state index is 0.00266. The predicted octanol–water partition coefficient (Wildman–Crippen LogP) is 0.911. The first kappa shape index (κ1) is 17.2. The van der Waals surface area contributed by atoms with Gasteiger partial charge in [0.15, 0.2) is 0 Å². The molecule has 1 rings (SSSR count). The van der Waals surface area contributed by atoms with Crippen LogP contribution in [0.5, 0.6) is 5.75 Å². The molecule has 3 N–H and O–H groups in total. The number of halogens is 3. The second-order valence-corrected chi connectivity index (χ2v) is 5.63. The summed E-state index contributed by atoms with van der Waals surface area (Å²) in [7, 11) is -2.81. The van der Waals surface area contributed by atoms with Crippen LogP contribution >= 0.6 is 0 Å². The molecule has 0 atom stereocenters. The van der Waals surface area contributed by atoms with E-state index < -0.39 is 28.5 Å². The van der Waals surface area contributed by atoms with Crippen molar-refractivity contribution in [2.75, 3.05) is 7.11 Å². The summed E-state index contributed by atoms with van der Waals surface area (Å²) in [5.74, 6) is -1.21. The molecule has 0 aliphatic carbocycles. The van der Waals surface area contributed by atoms with Gasteiger partial charge in [-0.05, 0) is 17.7 Å². The average molecular weight is 326 g/mol. The highest BCUT2D eigenvalue weighted by Crippen LogP contribution is 2.24. The molecule has 1 aromatic rings. The van der Waals surface area contributed by atoms with Gasteiger partial charge in [0.2, 0.25) is 15.9 Å². The van der Waals surface area contributed by atoms with Crippen LogP contribution in [0.4, 0.5) is 13.2 Å². The van der Waals surface area contributed by atoms with Gasteiger partial charge in [-0.2, -0.15) is 13.2 Å². The number of benzene rings is 1. The summed E-state index contributed by atoms with van der Waals surface area (Å²) >= 11 is 0. The number of hydrogen-bond donors (Lipinski definition) is 2. The molecule has 0 spiro atoms. The van der Waals surface area contributed by atoms with Crippen molar-refractivity contribution in [2.24, 2.45) is 5.14 Å². The average Bonchev–Trinajstić information content (AvgIpc) is 2.33. The van der Waals surface area contributed by atoms with Gasteiger partial charge in [-0.1, -0.05) is 6.07 Å². The van der Waals surface area contributed by atoms with Crippen molar-refractivity contribution in [2.45, 2.75) is 24.0 Å². The van der Waals surface area contributed by atoms with Crippen molar-refractivity contribution in [3.8, 4) is 5.75 Å². The topological polar surface area (TPSA) is 98.5 Å². The Morgan fingerprint density at radius 3 is 2.48 bits per heavy atom.